The van der Waals surface area contributed by atoms with Gasteiger partial charge in [0, 0.05) is 25.8 Å². The van der Waals surface area contributed by atoms with Gasteiger partial charge in [-0.05, 0) is 57.5 Å². The zero-order chi connectivity index (χ0) is 18.4. The lowest BCUT2D eigenvalue weighted by Gasteiger charge is -2.23. The summed E-state index contributed by atoms with van der Waals surface area (Å²) in [4.78, 5) is 26.0. The number of hydrogen-bond acceptors (Lipinski definition) is 5. The molecule has 1 atom stereocenters. The van der Waals surface area contributed by atoms with Crippen LogP contribution in [0.25, 0.3) is 0 Å². The van der Waals surface area contributed by atoms with Crippen molar-refractivity contribution in [2.75, 3.05) is 29.9 Å². The number of hydrogen-bond donors (Lipinski definition) is 1. The van der Waals surface area contributed by atoms with E-state index in [0.29, 0.717) is 6.54 Å². The van der Waals surface area contributed by atoms with Crippen LogP contribution >= 0.6 is 0 Å². The summed E-state index contributed by atoms with van der Waals surface area (Å²) in [6.45, 7) is 7.68. The van der Waals surface area contributed by atoms with E-state index in [4.69, 9.17) is 0 Å². The van der Waals surface area contributed by atoms with Crippen molar-refractivity contribution in [1.82, 2.24) is 14.9 Å². The van der Waals surface area contributed by atoms with Crippen molar-refractivity contribution in [3.63, 3.8) is 0 Å². The average molecular weight is 353 g/mol. The molecule has 6 heteroatoms. The first-order chi connectivity index (χ1) is 12.7. The van der Waals surface area contributed by atoms with Gasteiger partial charge in [0.15, 0.2) is 0 Å². The van der Waals surface area contributed by atoms with Gasteiger partial charge >= 0.3 is 0 Å². The molecule has 3 rings (SSSR count). The van der Waals surface area contributed by atoms with Crippen LogP contribution < -0.4 is 10.2 Å². The number of amides is 1. The van der Waals surface area contributed by atoms with Crippen LogP contribution in [-0.2, 0) is 11.3 Å². The molecular weight excluding hydrogens is 326 g/mol. The van der Waals surface area contributed by atoms with Gasteiger partial charge in [0.25, 0.3) is 0 Å². The Morgan fingerprint density at radius 1 is 1.23 bits per heavy atom. The van der Waals surface area contributed by atoms with Crippen LogP contribution in [0.15, 0.2) is 42.7 Å². The van der Waals surface area contributed by atoms with Crippen LogP contribution in [0, 0.1) is 0 Å². The molecule has 6 nitrogen and oxygen atoms in total. The molecule has 138 valence electrons. The monoisotopic (exact) mass is 353 g/mol. The highest BCUT2D eigenvalue weighted by Crippen LogP contribution is 2.21. The standard InChI is InChI=1S/C20H27N5O/c1-3-24(4-2)19-11-10-16(14-22-19)23-20(26)18-9-7-13-25(18)15-17-8-5-6-12-21-17/h5-6,8,10-12,14,18H,3-4,7,9,13,15H2,1-2H3,(H,23,26). The summed E-state index contributed by atoms with van der Waals surface area (Å²) in [7, 11) is 0. The van der Waals surface area contributed by atoms with E-state index in [9.17, 15) is 4.79 Å². The number of likely N-dealkylation sites (tertiary alicyclic amines) is 1. The smallest absolute Gasteiger partial charge is 0.241 e. The fourth-order valence-electron chi connectivity index (χ4n) is 3.43. The van der Waals surface area contributed by atoms with Gasteiger partial charge in [0.1, 0.15) is 5.82 Å². The Morgan fingerprint density at radius 3 is 2.73 bits per heavy atom. The van der Waals surface area contributed by atoms with E-state index in [1.807, 2.05) is 30.3 Å². The van der Waals surface area contributed by atoms with Crippen LogP contribution in [0.3, 0.4) is 0 Å². The van der Waals surface area contributed by atoms with E-state index in [2.05, 4.69) is 38.9 Å². The highest BCUT2D eigenvalue weighted by molar-refractivity contribution is 5.94. The van der Waals surface area contributed by atoms with Crippen molar-refractivity contribution in [1.29, 1.82) is 0 Å². The zero-order valence-corrected chi connectivity index (χ0v) is 15.6. The van der Waals surface area contributed by atoms with Crippen molar-refractivity contribution < 1.29 is 4.79 Å². The Morgan fingerprint density at radius 2 is 2.08 bits per heavy atom. The van der Waals surface area contributed by atoms with Crippen LogP contribution in [0.4, 0.5) is 11.5 Å². The summed E-state index contributed by atoms with van der Waals surface area (Å²) < 4.78 is 0. The number of anilines is 2. The quantitative estimate of drug-likeness (QED) is 0.829. The molecule has 1 fully saturated rings. The van der Waals surface area contributed by atoms with Crippen molar-refractivity contribution >= 4 is 17.4 Å². The Balaban J connectivity index is 1.61. The molecule has 0 saturated carbocycles. The molecule has 1 N–H and O–H groups in total. The second-order valence-corrected chi connectivity index (χ2v) is 6.52. The second-order valence-electron chi connectivity index (χ2n) is 6.52. The molecule has 26 heavy (non-hydrogen) atoms. The summed E-state index contributed by atoms with van der Waals surface area (Å²) in [5, 5.41) is 3.02. The largest absolute Gasteiger partial charge is 0.357 e. The van der Waals surface area contributed by atoms with E-state index in [1.165, 1.54) is 0 Å². The number of carbonyl (C=O) groups is 1. The normalized spacial score (nSPS) is 17.2. The zero-order valence-electron chi connectivity index (χ0n) is 15.6. The van der Waals surface area contributed by atoms with Crippen molar-refractivity contribution in [3.8, 4) is 0 Å². The molecule has 0 spiro atoms. The number of pyridine rings is 2. The molecule has 0 aliphatic carbocycles. The van der Waals surface area contributed by atoms with Gasteiger partial charge < -0.3 is 10.2 Å². The fourth-order valence-corrected chi connectivity index (χ4v) is 3.43. The summed E-state index contributed by atoms with van der Waals surface area (Å²) >= 11 is 0. The van der Waals surface area contributed by atoms with Crippen LogP contribution in [0.5, 0.6) is 0 Å². The van der Waals surface area contributed by atoms with E-state index >= 15 is 0 Å². The molecule has 1 saturated heterocycles. The van der Waals surface area contributed by atoms with E-state index in [-0.39, 0.29) is 11.9 Å². The minimum Gasteiger partial charge on any atom is -0.357 e. The van der Waals surface area contributed by atoms with Crippen molar-refractivity contribution in [2.45, 2.75) is 39.3 Å². The third kappa shape index (κ3) is 4.38. The molecule has 1 amide bonds. The molecule has 1 aliphatic heterocycles. The lowest BCUT2D eigenvalue weighted by molar-refractivity contribution is -0.120. The van der Waals surface area contributed by atoms with Gasteiger partial charge in [-0.25, -0.2) is 4.98 Å². The van der Waals surface area contributed by atoms with Gasteiger partial charge in [-0.3, -0.25) is 14.7 Å². The Bertz CT molecular complexity index is 700. The van der Waals surface area contributed by atoms with Crippen molar-refractivity contribution in [2.24, 2.45) is 0 Å². The summed E-state index contributed by atoms with van der Waals surface area (Å²) in [5.74, 6) is 0.974. The third-order valence-corrected chi connectivity index (χ3v) is 4.86. The predicted octanol–water partition coefficient (Wildman–Crippen LogP) is 2.93. The number of nitrogens with zero attached hydrogens (tertiary/aromatic N) is 4. The van der Waals surface area contributed by atoms with E-state index in [0.717, 1.165) is 49.7 Å². The summed E-state index contributed by atoms with van der Waals surface area (Å²) in [6.07, 6.45) is 5.45. The summed E-state index contributed by atoms with van der Waals surface area (Å²) in [5.41, 5.74) is 1.74. The van der Waals surface area contributed by atoms with Gasteiger partial charge in [-0.15, -0.1) is 0 Å². The molecule has 2 aromatic rings. The van der Waals surface area contributed by atoms with Gasteiger partial charge in [0.05, 0.1) is 23.6 Å². The van der Waals surface area contributed by atoms with Gasteiger partial charge in [-0.2, -0.15) is 0 Å². The van der Waals surface area contributed by atoms with Crippen LogP contribution in [0.1, 0.15) is 32.4 Å². The van der Waals surface area contributed by atoms with Gasteiger partial charge in [0.2, 0.25) is 5.91 Å². The molecule has 1 aliphatic rings. The van der Waals surface area contributed by atoms with Crippen LogP contribution in [-0.4, -0.2) is 46.5 Å². The number of nitrogens with one attached hydrogen (secondary N) is 1. The average Bonchev–Trinajstić information content (AvgIpc) is 3.13. The lowest BCUT2D eigenvalue weighted by atomic mass is 10.2. The molecule has 0 bridgehead atoms. The Kier molecular flexibility index (Phi) is 6.17. The van der Waals surface area contributed by atoms with E-state index < -0.39 is 0 Å². The first-order valence-electron chi connectivity index (χ1n) is 9.37. The number of aromatic nitrogens is 2. The molecular formula is C20H27N5O. The Hall–Kier alpha value is -2.47. The minimum absolute atomic E-state index is 0.0378. The van der Waals surface area contributed by atoms with E-state index in [1.54, 1.807) is 12.4 Å². The molecule has 3 heterocycles. The number of rotatable bonds is 7. The lowest BCUT2D eigenvalue weighted by Crippen LogP contribution is -2.39. The SMILES string of the molecule is CCN(CC)c1ccc(NC(=O)C2CCCN2Cc2ccccn2)cn1. The first kappa shape index (κ1) is 18.3. The second kappa shape index (κ2) is 8.76. The van der Waals surface area contributed by atoms with Crippen LogP contribution in [0.2, 0.25) is 0 Å². The number of carbonyl (C=O) groups excluding carboxylic acids is 1. The first-order valence-corrected chi connectivity index (χ1v) is 9.37. The molecule has 0 radical (unpaired) electrons. The minimum atomic E-state index is -0.112. The highest BCUT2D eigenvalue weighted by Gasteiger charge is 2.30. The molecule has 1 unspecified atom stereocenters. The maximum atomic E-state index is 12.7. The van der Waals surface area contributed by atoms with Crippen molar-refractivity contribution in [3.05, 3.63) is 48.4 Å². The Labute approximate surface area is 155 Å². The molecule has 2 aromatic heterocycles. The predicted molar refractivity (Wildman–Crippen MR) is 104 cm³/mol. The fraction of sp³-hybridized carbons (Fsp3) is 0.450. The third-order valence-electron chi connectivity index (χ3n) is 4.86. The maximum absolute atomic E-state index is 12.7. The van der Waals surface area contributed by atoms with Gasteiger partial charge in [-0.1, -0.05) is 6.07 Å². The molecule has 0 aromatic carbocycles. The topological polar surface area (TPSA) is 61.4 Å². The summed E-state index contributed by atoms with van der Waals surface area (Å²) in [6, 6.07) is 9.67. The maximum Gasteiger partial charge on any atom is 0.241 e. The highest BCUT2D eigenvalue weighted by atomic mass is 16.2.